The lowest BCUT2D eigenvalue weighted by Gasteiger charge is -2.44. The number of aliphatic hydroxyl groups excluding tert-OH is 1. The first-order valence-corrected chi connectivity index (χ1v) is 7.15. The zero-order valence-electron chi connectivity index (χ0n) is 11.2. The van der Waals surface area contributed by atoms with Gasteiger partial charge in [-0.05, 0) is 32.6 Å². The molecule has 1 N–H and O–H groups in total. The zero-order chi connectivity index (χ0) is 13.0. The third-order valence-corrected chi connectivity index (χ3v) is 4.27. The molecule has 2 aliphatic rings. The van der Waals surface area contributed by atoms with Crippen LogP contribution in [0.15, 0.2) is 0 Å². The van der Waals surface area contributed by atoms with E-state index in [1.54, 1.807) is 6.92 Å². The molecule has 2 rings (SSSR count). The third kappa shape index (κ3) is 3.04. The quantitative estimate of drug-likeness (QED) is 0.785. The van der Waals surface area contributed by atoms with Crippen molar-refractivity contribution in [3.05, 3.63) is 0 Å². The molecule has 1 aliphatic heterocycles. The van der Waals surface area contributed by atoms with Gasteiger partial charge in [-0.15, -0.1) is 0 Å². The molecule has 104 valence electrons. The topological polar surface area (TPSA) is 55.8 Å². The van der Waals surface area contributed by atoms with E-state index in [1.165, 1.54) is 19.3 Å². The van der Waals surface area contributed by atoms with Crippen molar-refractivity contribution in [2.45, 2.75) is 63.6 Å². The van der Waals surface area contributed by atoms with Crippen molar-refractivity contribution in [2.75, 3.05) is 13.2 Å². The Kier molecular flexibility index (Phi) is 4.62. The number of carbonyl (C=O) groups is 1. The number of aliphatic hydroxyl groups is 1. The SMILES string of the molecule is CCOC(=O)C(O)C1CCOC2(CCCCC2)C1. The van der Waals surface area contributed by atoms with Crippen LogP contribution in [-0.4, -0.2) is 36.0 Å². The summed E-state index contributed by atoms with van der Waals surface area (Å²) in [4.78, 5) is 11.6. The van der Waals surface area contributed by atoms with Crippen LogP contribution in [0.2, 0.25) is 0 Å². The fourth-order valence-corrected chi connectivity index (χ4v) is 3.30. The minimum absolute atomic E-state index is 0.00380. The number of rotatable bonds is 3. The van der Waals surface area contributed by atoms with Gasteiger partial charge >= 0.3 is 5.97 Å². The molecule has 4 heteroatoms. The van der Waals surface area contributed by atoms with E-state index in [4.69, 9.17) is 9.47 Å². The summed E-state index contributed by atoms with van der Waals surface area (Å²) in [6.07, 6.45) is 6.38. The Morgan fingerprint density at radius 1 is 1.44 bits per heavy atom. The molecule has 4 nitrogen and oxygen atoms in total. The summed E-state index contributed by atoms with van der Waals surface area (Å²) in [5, 5.41) is 10.1. The number of ether oxygens (including phenoxy) is 2. The summed E-state index contributed by atoms with van der Waals surface area (Å²) in [6.45, 7) is 2.74. The first kappa shape index (κ1) is 13.8. The van der Waals surface area contributed by atoms with Gasteiger partial charge in [0.25, 0.3) is 0 Å². The van der Waals surface area contributed by atoms with E-state index in [2.05, 4.69) is 0 Å². The smallest absolute Gasteiger partial charge is 0.335 e. The first-order chi connectivity index (χ1) is 8.67. The Labute approximate surface area is 109 Å². The normalized spacial score (nSPS) is 28.9. The fraction of sp³-hybridized carbons (Fsp3) is 0.929. The maximum atomic E-state index is 11.6. The Bertz CT molecular complexity index is 278. The molecular formula is C14H24O4. The van der Waals surface area contributed by atoms with Crippen molar-refractivity contribution in [2.24, 2.45) is 5.92 Å². The summed E-state index contributed by atoms with van der Waals surface area (Å²) in [7, 11) is 0. The maximum absolute atomic E-state index is 11.6. The Balaban J connectivity index is 1.95. The maximum Gasteiger partial charge on any atom is 0.335 e. The zero-order valence-corrected chi connectivity index (χ0v) is 11.2. The molecule has 0 aromatic rings. The van der Waals surface area contributed by atoms with E-state index in [0.29, 0.717) is 13.2 Å². The highest BCUT2D eigenvalue weighted by Crippen LogP contribution is 2.41. The van der Waals surface area contributed by atoms with Gasteiger partial charge in [0, 0.05) is 12.5 Å². The number of hydrogen-bond acceptors (Lipinski definition) is 4. The van der Waals surface area contributed by atoms with E-state index in [-0.39, 0.29) is 11.5 Å². The van der Waals surface area contributed by atoms with Crippen LogP contribution in [-0.2, 0) is 14.3 Å². The van der Waals surface area contributed by atoms with Crippen molar-refractivity contribution in [3.63, 3.8) is 0 Å². The summed E-state index contributed by atoms with van der Waals surface area (Å²) in [5.41, 5.74) is -0.0748. The summed E-state index contributed by atoms with van der Waals surface area (Å²) < 4.78 is 10.9. The van der Waals surface area contributed by atoms with Crippen molar-refractivity contribution >= 4 is 5.97 Å². The van der Waals surface area contributed by atoms with Crippen LogP contribution in [0.1, 0.15) is 51.9 Å². The minimum Gasteiger partial charge on any atom is -0.464 e. The van der Waals surface area contributed by atoms with E-state index < -0.39 is 12.1 Å². The van der Waals surface area contributed by atoms with Crippen LogP contribution in [0.5, 0.6) is 0 Å². The van der Waals surface area contributed by atoms with Gasteiger partial charge in [0.05, 0.1) is 12.2 Å². The predicted molar refractivity (Wildman–Crippen MR) is 67.1 cm³/mol. The minimum atomic E-state index is -0.979. The average molecular weight is 256 g/mol. The lowest BCUT2D eigenvalue weighted by Crippen LogP contribution is -2.46. The molecule has 18 heavy (non-hydrogen) atoms. The number of esters is 1. The van der Waals surface area contributed by atoms with E-state index in [9.17, 15) is 9.90 Å². The molecule has 2 fully saturated rings. The molecule has 1 heterocycles. The number of carbonyl (C=O) groups excluding carboxylic acids is 1. The average Bonchev–Trinajstić information content (AvgIpc) is 2.39. The second-order valence-corrected chi connectivity index (χ2v) is 5.54. The van der Waals surface area contributed by atoms with Gasteiger partial charge in [-0.3, -0.25) is 0 Å². The molecule has 2 atom stereocenters. The summed E-state index contributed by atoms with van der Waals surface area (Å²) >= 11 is 0. The monoisotopic (exact) mass is 256 g/mol. The molecular weight excluding hydrogens is 232 g/mol. The highest BCUT2D eigenvalue weighted by atomic mass is 16.5. The van der Waals surface area contributed by atoms with Gasteiger partial charge in [-0.1, -0.05) is 19.3 Å². The molecule has 1 saturated carbocycles. The van der Waals surface area contributed by atoms with E-state index in [1.807, 2.05) is 0 Å². The van der Waals surface area contributed by atoms with Crippen LogP contribution in [0.3, 0.4) is 0 Å². The summed E-state index contributed by atoms with van der Waals surface area (Å²) in [6, 6.07) is 0. The molecule has 0 aromatic carbocycles. The first-order valence-electron chi connectivity index (χ1n) is 7.15. The van der Waals surface area contributed by atoms with Crippen LogP contribution >= 0.6 is 0 Å². The molecule has 1 spiro atoms. The fourth-order valence-electron chi connectivity index (χ4n) is 3.30. The Hall–Kier alpha value is -0.610. The molecule has 1 aliphatic carbocycles. The number of hydrogen-bond donors (Lipinski definition) is 1. The van der Waals surface area contributed by atoms with Crippen molar-refractivity contribution < 1.29 is 19.4 Å². The van der Waals surface area contributed by atoms with Gasteiger partial charge in [-0.25, -0.2) is 4.79 Å². The summed E-state index contributed by atoms with van der Waals surface area (Å²) in [5.74, 6) is -0.480. The Morgan fingerprint density at radius 3 is 2.83 bits per heavy atom. The second kappa shape index (κ2) is 6.02. The predicted octanol–water partition coefficient (Wildman–Crippen LogP) is 2.04. The van der Waals surface area contributed by atoms with Gasteiger partial charge in [0.2, 0.25) is 0 Å². The van der Waals surface area contributed by atoms with Gasteiger partial charge in [-0.2, -0.15) is 0 Å². The van der Waals surface area contributed by atoms with Gasteiger partial charge in [0.15, 0.2) is 6.10 Å². The highest BCUT2D eigenvalue weighted by Gasteiger charge is 2.42. The van der Waals surface area contributed by atoms with Crippen molar-refractivity contribution in [1.82, 2.24) is 0 Å². The molecule has 0 radical (unpaired) electrons. The lowest BCUT2D eigenvalue weighted by atomic mass is 9.74. The standard InChI is InChI=1S/C14H24O4/c1-2-17-13(16)12(15)11-6-9-18-14(10-11)7-4-3-5-8-14/h11-12,15H,2-10H2,1H3. The van der Waals surface area contributed by atoms with Crippen LogP contribution in [0, 0.1) is 5.92 Å². The van der Waals surface area contributed by atoms with E-state index in [0.717, 1.165) is 25.7 Å². The largest absolute Gasteiger partial charge is 0.464 e. The highest BCUT2D eigenvalue weighted by molar-refractivity contribution is 5.74. The van der Waals surface area contributed by atoms with Gasteiger partial charge in [0.1, 0.15) is 0 Å². The molecule has 2 unspecified atom stereocenters. The van der Waals surface area contributed by atoms with Gasteiger partial charge < -0.3 is 14.6 Å². The Morgan fingerprint density at radius 2 is 2.17 bits per heavy atom. The van der Waals surface area contributed by atoms with Crippen LogP contribution in [0.25, 0.3) is 0 Å². The molecule has 0 amide bonds. The lowest BCUT2D eigenvalue weighted by molar-refractivity contribution is -0.167. The molecule has 0 aromatic heterocycles. The van der Waals surface area contributed by atoms with Crippen molar-refractivity contribution in [3.8, 4) is 0 Å². The van der Waals surface area contributed by atoms with Crippen molar-refractivity contribution in [1.29, 1.82) is 0 Å². The van der Waals surface area contributed by atoms with E-state index >= 15 is 0 Å². The third-order valence-electron chi connectivity index (χ3n) is 4.27. The van der Waals surface area contributed by atoms with Crippen LogP contribution in [0.4, 0.5) is 0 Å². The molecule has 1 saturated heterocycles. The second-order valence-electron chi connectivity index (χ2n) is 5.54. The van der Waals surface area contributed by atoms with Crippen LogP contribution < -0.4 is 0 Å². The molecule has 0 bridgehead atoms.